The number of rotatable bonds is 3. The van der Waals surface area contributed by atoms with E-state index in [-0.39, 0.29) is 11.6 Å². The second-order valence-corrected chi connectivity index (χ2v) is 5.80. The Morgan fingerprint density at radius 1 is 1.40 bits per heavy atom. The monoisotopic (exact) mass is 294 g/mol. The molecule has 2 amide bonds. The summed E-state index contributed by atoms with van der Waals surface area (Å²) in [7, 11) is 0. The molecule has 0 radical (unpaired) electrons. The number of nitrogens with two attached hydrogens (primary N) is 1. The van der Waals surface area contributed by atoms with Gasteiger partial charge in [-0.25, -0.2) is 4.79 Å². The molecule has 6 heteroatoms. The highest BCUT2D eigenvalue weighted by Gasteiger charge is 2.24. The third kappa shape index (κ3) is 4.38. The summed E-state index contributed by atoms with van der Waals surface area (Å²) >= 11 is 5.12. The quantitative estimate of drug-likeness (QED) is 0.750. The lowest BCUT2D eigenvalue weighted by Gasteiger charge is -2.36. The molecule has 110 valence electrons. The summed E-state index contributed by atoms with van der Waals surface area (Å²) in [6.45, 7) is 8.51. The molecule has 0 unspecified atom stereocenters. The molecule has 0 saturated carbocycles. The van der Waals surface area contributed by atoms with Gasteiger partial charge in [0.25, 0.3) is 0 Å². The molecule has 0 saturated heterocycles. The first-order valence-corrected chi connectivity index (χ1v) is 6.91. The number of benzene rings is 1. The van der Waals surface area contributed by atoms with E-state index in [1.165, 1.54) is 0 Å². The number of nitrogens with zero attached hydrogens (tertiary/aromatic N) is 1. The second kappa shape index (κ2) is 6.56. The predicted octanol–water partition coefficient (Wildman–Crippen LogP) is 2.68. The Bertz CT molecular complexity index is 496. The number of nitrogens with one attached hydrogen (secondary N) is 2. The van der Waals surface area contributed by atoms with Gasteiger partial charge < -0.3 is 21.3 Å². The van der Waals surface area contributed by atoms with Crippen LogP contribution in [0.4, 0.5) is 16.2 Å². The van der Waals surface area contributed by atoms with Crippen molar-refractivity contribution < 1.29 is 4.79 Å². The van der Waals surface area contributed by atoms with Crippen LogP contribution in [0.5, 0.6) is 0 Å². The van der Waals surface area contributed by atoms with Crippen molar-refractivity contribution >= 4 is 34.7 Å². The van der Waals surface area contributed by atoms with Gasteiger partial charge in [-0.3, -0.25) is 0 Å². The maximum Gasteiger partial charge on any atom is 0.319 e. The fourth-order valence-corrected chi connectivity index (χ4v) is 2.28. The van der Waals surface area contributed by atoms with Crippen LogP contribution < -0.4 is 21.3 Å². The van der Waals surface area contributed by atoms with Crippen LogP contribution in [-0.4, -0.2) is 23.2 Å². The Hall–Kier alpha value is -1.82. The highest BCUT2D eigenvalue weighted by Crippen LogP contribution is 2.26. The summed E-state index contributed by atoms with van der Waals surface area (Å²) in [5, 5.41) is 5.75. The molecule has 1 rings (SSSR count). The Labute approximate surface area is 125 Å². The molecule has 4 N–H and O–H groups in total. The van der Waals surface area contributed by atoms with Crippen LogP contribution in [0.3, 0.4) is 0 Å². The SMILES string of the molecule is CCNC(=O)Nc1cccc(N(C(N)=S)C(C)(C)C)c1. The molecule has 0 aliphatic carbocycles. The molecule has 0 aliphatic heterocycles. The van der Waals surface area contributed by atoms with Crippen molar-refractivity contribution in [3.8, 4) is 0 Å². The molecule has 0 fully saturated rings. The molecule has 0 atom stereocenters. The molecule has 1 aromatic rings. The fourth-order valence-electron chi connectivity index (χ4n) is 1.90. The van der Waals surface area contributed by atoms with Gasteiger partial charge in [0.1, 0.15) is 0 Å². The number of anilines is 2. The van der Waals surface area contributed by atoms with Crippen LogP contribution >= 0.6 is 12.2 Å². The highest BCUT2D eigenvalue weighted by molar-refractivity contribution is 7.80. The number of hydrogen-bond donors (Lipinski definition) is 3. The zero-order valence-electron chi connectivity index (χ0n) is 12.4. The van der Waals surface area contributed by atoms with E-state index in [1.54, 1.807) is 0 Å². The Morgan fingerprint density at radius 3 is 2.55 bits per heavy atom. The van der Waals surface area contributed by atoms with E-state index < -0.39 is 0 Å². The van der Waals surface area contributed by atoms with Gasteiger partial charge in [0.2, 0.25) is 0 Å². The zero-order valence-corrected chi connectivity index (χ0v) is 13.2. The van der Waals surface area contributed by atoms with Crippen molar-refractivity contribution in [2.75, 3.05) is 16.8 Å². The lowest BCUT2D eigenvalue weighted by atomic mass is 10.1. The van der Waals surface area contributed by atoms with Crippen LogP contribution in [0, 0.1) is 0 Å². The van der Waals surface area contributed by atoms with Crippen LogP contribution in [0.1, 0.15) is 27.7 Å². The summed E-state index contributed by atoms with van der Waals surface area (Å²) in [5.74, 6) is 0. The van der Waals surface area contributed by atoms with Crippen molar-refractivity contribution in [1.82, 2.24) is 5.32 Å². The van der Waals surface area contributed by atoms with Gasteiger partial charge in [-0.05, 0) is 58.1 Å². The molecule has 0 spiro atoms. The van der Waals surface area contributed by atoms with Gasteiger partial charge >= 0.3 is 6.03 Å². The van der Waals surface area contributed by atoms with E-state index in [4.69, 9.17) is 18.0 Å². The van der Waals surface area contributed by atoms with Gasteiger partial charge in [-0.2, -0.15) is 0 Å². The Morgan fingerprint density at radius 2 is 2.05 bits per heavy atom. The lowest BCUT2D eigenvalue weighted by Crippen LogP contribution is -2.48. The largest absolute Gasteiger partial charge is 0.376 e. The van der Waals surface area contributed by atoms with Crippen LogP contribution in [-0.2, 0) is 0 Å². The van der Waals surface area contributed by atoms with E-state index >= 15 is 0 Å². The average molecular weight is 294 g/mol. The molecule has 0 aliphatic rings. The molecule has 5 nitrogen and oxygen atoms in total. The fraction of sp³-hybridized carbons (Fsp3) is 0.429. The van der Waals surface area contributed by atoms with Gasteiger partial charge in [-0.1, -0.05) is 6.07 Å². The maximum absolute atomic E-state index is 11.5. The zero-order chi connectivity index (χ0) is 15.3. The van der Waals surface area contributed by atoms with Crippen LogP contribution in [0.25, 0.3) is 0 Å². The molecule has 20 heavy (non-hydrogen) atoms. The minimum absolute atomic E-state index is 0.234. The first-order chi connectivity index (χ1) is 9.25. The maximum atomic E-state index is 11.5. The second-order valence-electron chi connectivity index (χ2n) is 5.38. The van der Waals surface area contributed by atoms with E-state index in [2.05, 4.69) is 10.6 Å². The highest BCUT2D eigenvalue weighted by atomic mass is 32.1. The van der Waals surface area contributed by atoms with E-state index in [0.29, 0.717) is 17.3 Å². The van der Waals surface area contributed by atoms with Crippen molar-refractivity contribution in [2.24, 2.45) is 5.73 Å². The topological polar surface area (TPSA) is 70.4 Å². The minimum Gasteiger partial charge on any atom is -0.376 e. The number of urea groups is 1. The summed E-state index contributed by atoms with van der Waals surface area (Å²) < 4.78 is 0. The number of carbonyl (C=O) groups excluding carboxylic acids is 1. The van der Waals surface area contributed by atoms with Crippen LogP contribution in [0.2, 0.25) is 0 Å². The number of amides is 2. The lowest BCUT2D eigenvalue weighted by molar-refractivity contribution is 0.252. The smallest absolute Gasteiger partial charge is 0.319 e. The van der Waals surface area contributed by atoms with Crippen molar-refractivity contribution in [2.45, 2.75) is 33.2 Å². The third-order valence-corrected chi connectivity index (χ3v) is 2.77. The van der Waals surface area contributed by atoms with Crippen molar-refractivity contribution in [3.05, 3.63) is 24.3 Å². The van der Waals surface area contributed by atoms with Crippen molar-refractivity contribution in [1.29, 1.82) is 0 Å². The summed E-state index contributed by atoms with van der Waals surface area (Å²) in [4.78, 5) is 13.4. The normalized spacial score (nSPS) is 10.8. The van der Waals surface area contributed by atoms with Gasteiger partial charge in [0.05, 0.1) is 0 Å². The number of hydrogen-bond acceptors (Lipinski definition) is 2. The van der Waals surface area contributed by atoms with E-state index in [9.17, 15) is 4.79 Å². The van der Waals surface area contributed by atoms with Gasteiger partial charge in [0.15, 0.2) is 5.11 Å². The van der Waals surface area contributed by atoms with E-state index in [0.717, 1.165) is 5.69 Å². The Kier molecular flexibility index (Phi) is 5.33. The molecule has 0 heterocycles. The molecular formula is C14H22N4OS. The van der Waals surface area contributed by atoms with Gasteiger partial charge in [0, 0.05) is 23.5 Å². The molecule has 1 aromatic carbocycles. The number of carbonyl (C=O) groups is 1. The minimum atomic E-state index is -0.240. The average Bonchev–Trinajstić information content (AvgIpc) is 2.26. The molecule has 0 bridgehead atoms. The first kappa shape index (κ1) is 16.2. The predicted molar refractivity (Wildman–Crippen MR) is 88.2 cm³/mol. The van der Waals surface area contributed by atoms with Crippen molar-refractivity contribution in [3.63, 3.8) is 0 Å². The molecular weight excluding hydrogens is 272 g/mol. The standard InChI is InChI=1S/C14H22N4OS/c1-5-16-13(19)17-10-7-6-8-11(9-10)18(12(15)20)14(2,3)4/h6-9H,5H2,1-4H3,(H2,15,20)(H2,16,17,19). The summed E-state index contributed by atoms with van der Waals surface area (Å²) in [5.41, 5.74) is 7.11. The van der Waals surface area contributed by atoms with Gasteiger partial charge in [-0.15, -0.1) is 0 Å². The summed E-state index contributed by atoms with van der Waals surface area (Å²) in [6.07, 6.45) is 0. The first-order valence-electron chi connectivity index (χ1n) is 6.50. The van der Waals surface area contributed by atoms with E-state index in [1.807, 2.05) is 56.9 Å². The third-order valence-electron chi connectivity index (χ3n) is 2.59. The molecule has 0 aromatic heterocycles. The summed E-state index contributed by atoms with van der Waals surface area (Å²) in [6, 6.07) is 7.20. The number of thiocarbonyl (C=S) groups is 1. The van der Waals surface area contributed by atoms with Crippen LogP contribution in [0.15, 0.2) is 24.3 Å². The Balaban J connectivity index is 3.02.